The highest BCUT2D eigenvalue weighted by Crippen LogP contribution is 2.35. The van der Waals surface area contributed by atoms with Crippen LogP contribution in [-0.2, 0) is 15.1 Å². The van der Waals surface area contributed by atoms with E-state index >= 15 is 0 Å². The number of benzene rings is 1. The maximum absolute atomic E-state index is 10.6. The summed E-state index contributed by atoms with van der Waals surface area (Å²) in [7, 11) is 0. The second-order valence-electron chi connectivity index (χ2n) is 4.21. The Kier molecular flexibility index (Phi) is 3.18. The van der Waals surface area contributed by atoms with Crippen molar-refractivity contribution >= 4 is 6.08 Å². The van der Waals surface area contributed by atoms with Gasteiger partial charge >= 0.3 is 0 Å². The second-order valence-corrected chi connectivity index (χ2v) is 4.21. The first-order valence-electron chi connectivity index (χ1n) is 5.51. The molecule has 1 aromatic carbocycles. The SMILES string of the molecule is Cc1ccc(C2(N=C=O)CCOCC2)cc1. The Morgan fingerprint density at radius 2 is 1.88 bits per heavy atom. The molecule has 1 heterocycles. The lowest BCUT2D eigenvalue weighted by atomic mass is 9.83. The average Bonchev–Trinajstić information content (AvgIpc) is 2.31. The van der Waals surface area contributed by atoms with Crippen LogP contribution in [0.1, 0.15) is 24.0 Å². The van der Waals surface area contributed by atoms with Gasteiger partial charge in [0.05, 0.1) is 0 Å². The molecule has 3 nitrogen and oxygen atoms in total. The maximum atomic E-state index is 10.6. The van der Waals surface area contributed by atoms with Gasteiger partial charge in [0.1, 0.15) is 5.54 Å². The average molecular weight is 217 g/mol. The van der Waals surface area contributed by atoms with E-state index in [1.807, 2.05) is 31.2 Å². The van der Waals surface area contributed by atoms with Crippen LogP contribution >= 0.6 is 0 Å². The summed E-state index contributed by atoms with van der Waals surface area (Å²) < 4.78 is 5.33. The van der Waals surface area contributed by atoms with Crippen LogP contribution in [0.4, 0.5) is 0 Å². The minimum atomic E-state index is -0.409. The quantitative estimate of drug-likeness (QED) is 0.563. The van der Waals surface area contributed by atoms with Crippen LogP contribution in [-0.4, -0.2) is 19.3 Å². The minimum Gasteiger partial charge on any atom is -0.381 e. The van der Waals surface area contributed by atoms with Gasteiger partial charge in [0.2, 0.25) is 6.08 Å². The lowest BCUT2D eigenvalue weighted by Gasteiger charge is -2.32. The summed E-state index contributed by atoms with van der Waals surface area (Å²) in [5.74, 6) is 0. The second kappa shape index (κ2) is 4.60. The Balaban J connectivity index is 2.38. The summed E-state index contributed by atoms with van der Waals surface area (Å²) in [6.45, 7) is 3.35. The summed E-state index contributed by atoms with van der Waals surface area (Å²) in [6, 6.07) is 8.18. The number of isocyanates is 1. The Morgan fingerprint density at radius 3 is 2.44 bits per heavy atom. The molecule has 0 N–H and O–H groups in total. The first-order valence-corrected chi connectivity index (χ1v) is 5.51. The van der Waals surface area contributed by atoms with Gasteiger partial charge in [-0.05, 0) is 12.5 Å². The predicted octanol–water partition coefficient (Wildman–Crippen LogP) is 2.34. The van der Waals surface area contributed by atoms with Crippen molar-refractivity contribution in [1.29, 1.82) is 0 Å². The molecule has 2 rings (SSSR count). The molecule has 1 aliphatic heterocycles. The highest BCUT2D eigenvalue weighted by molar-refractivity contribution is 5.39. The van der Waals surface area contributed by atoms with E-state index in [2.05, 4.69) is 4.99 Å². The molecule has 1 saturated heterocycles. The van der Waals surface area contributed by atoms with Gasteiger partial charge in [-0.3, -0.25) is 0 Å². The van der Waals surface area contributed by atoms with Crippen LogP contribution < -0.4 is 0 Å². The van der Waals surface area contributed by atoms with Gasteiger partial charge in [-0.15, -0.1) is 0 Å². The third-order valence-electron chi connectivity index (χ3n) is 3.17. The minimum absolute atomic E-state index is 0.409. The van der Waals surface area contributed by atoms with Crippen molar-refractivity contribution in [2.75, 3.05) is 13.2 Å². The number of ether oxygens (including phenoxy) is 1. The van der Waals surface area contributed by atoms with E-state index in [-0.39, 0.29) is 0 Å². The molecule has 1 aromatic rings. The lowest BCUT2D eigenvalue weighted by molar-refractivity contribution is 0.0531. The topological polar surface area (TPSA) is 38.7 Å². The fraction of sp³-hybridized carbons (Fsp3) is 0.462. The maximum Gasteiger partial charge on any atom is 0.235 e. The number of nitrogens with zero attached hydrogens (tertiary/aromatic N) is 1. The largest absolute Gasteiger partial charge is 0.381 e. The number of rotatable bonds is 2. The molecule has 84 valence electrons. The van der Waals surface area contributed by atoms with Crippen molar-refractivity contribution in [3.05, 3.63) is 35.4 Å². The molecule has 0 bridgehead atoms. The molecule has 1 aliphatic rings. The number of aliphatic imine (C=N–C) groups is 1. The van der Waals surface area contributed by atoms with E-state index in [4.69, 9.17) is 4.74 Å². The molecule has 1 fully saturated rings. The molecule has 0 spiro atoms. The zero-order valence-corrected chi connectivity index (χ0v) is 9.40. The fourth-order valence-electron chi connectivity index (χ4n) is 2.13. The summed E-state index contributed by atoms with van der Waals surface area (Å²) in [6.07, 6.45) is 3.22. The molecule has 0 aromatic heterocycles. The molecular formula is C13H15NO2. The third kappa shape index (κ3) is 2.06. The van der Waals surface area contributed by atoms with E-state index < -0.39 is 5.54 Å². The molecule has 16 heavy (non-hydrogen) atoms. The summed E-state index contributed by atoms with van der Waals surface area (Å²) >= 11 is 0. The first kappa shape index (κ1) is 11.1. The van der Waals surface area contributed by atoms with Crippen molar-refractivity contribution in [2.45, 2.75) is 25.3 Å². The van der Waals surface area contributed by atoms with E-state index in [1.54, 1.807) is 6.08 Å². The van der Waals surface area contributed by atoms with Crippen molar-refractivity contribution in [3.8, 4) is 0 Å². The monoisotopic (exact) mass is 217 g/mol. The molecule has 0 aliphatic carbocycles. The molecule has 0 unspecified atom stereocenters. The molecule has 0 amide bonds. The van der Waals surface area contributed by atoms with Crippen molar-refractivity contribution in [1.82, 2.24) is 0 Å². The molecule has 0 atom stereocenters. The van der Waals surface area contributed by atoms with Crippen LogP contribution in [0.15, 0.2) is 29.3 Å². The Bertz CT molecular complexity index is 398. The van der Waals surface area contributed by atoms with Crippen molar-refractivity contribution in [2.24, 2.45) is 4.99 Å². The number of aryl methyl sites for hydroxylation is 1. The Hall–Kier alpha value is -1.44. The van der Waals surface area contributed by atoms with E-state index in [9.17, 15) is 4.79 Å². The smallest absolute Gasteiger partial charge is 0.235 e. The summed E-state index contributed by atoms with van der Waals surface area (Å²) in [5, 5.41) is 0. The normalized spacial score (nSPS) is 18.8. The zero-order valence-electron chi connectivity index (χ0n) is 9.40. The van der Waals surface area contributed by atoms with Crippen LogP contribution in [0.5, 0.6) is 0 Å². The van der Waals surface area contributed by atoms with E-state index in [0.29, 0.717) is 13.2 Å². The molecule has 3 heteroatoms. The highest BCUT2D eigenvalue weighted by atomic mass is 16.5. The zero-order chi connectivity index (χ0) is 11.4. The van der Waals surface area contributed by atoms with Crippen molar-refractivity contribution < 1.29 is 9.53 Å². The van der Waals surface area contributed by atoms with Gasteiger partial charge in [0, 0.05) is 26.1 Å². The van der Waals surface area contributed by atoms with E-state index in [0.717, 1.165) is 18.4 Å². The van der Waals surface area contributed by atoms with Gasteiger partial charge < -0.3 is 4.74 Å². The number of hydrogen-bond acceptors (Lipinski definition) is 3. The van der Waals surface area contributed by atoms with E-state index in [1.165, 1.54) is 5.56 Å². The van der Waals surface area contributed by atoms with Gasteiger partial charge in [-0.25, -0.2) is 4.79 Å². The molecular weight excluding hydrogens is 202 g/mol. The number of hydrogen-bond donors (Lipinski definition) is 0. The van der Waals surface area contributed by atoms with Gasteiger partial charge in [-0.2, -0.15) is 4.99 Å². The summed E-state index contributed by atoms with van der Waals surface area (Å²) in [5.41, 5.74) is 1.89. The van der Waals surface area contributed by atoms with Crippen LogP contribution in [0.3, 0.4) is 0 Å². The molecule has 0 saturated carbocycles. The van der Waals surface area contributed by atoms with Crippen LogP contribution in [0.25, 0.3) is 0 Å². The van der Waals surface area contributed by atoms with Gasteiger partial charge in [-0.1, -0.05) is 29.8 Å². The standard InChI is InChI=1S/C13H15NO2/c1-11-2-4-12(5-3-11)13(14-10-15)6-8-16-9-7-13/h2-5H,6-9H2,1H3. The van der Waals surface area contributed by atoms with Crippen LogP contribution in [0, 0.1) is 6.92 Å². The van der Waals surface area contributed by atoms with Crippen LogP contribution in [0.2, 0.25) is 0 Å². The first-order chi connectivity index (χ1) is 7.77. The fourth-order valence-corrected chi connectivity index (χ4v) is 2.13. The molecule has 0 radical (unpaired) electrons. The number of carbonyl (C=O) groups excluding carboxylic acids is 1. The third-order valence-corrected chi connectivity index (χ3v) is 3.17. The Labute approximate surface area is 95.2 Å². The Morgan fingerprint density at radius 1 is 1.25 bits per heavy atom. The van der Waals surface area contributed by atoms with Gasteiger partial charge in [0.15, 0.2) is 0 Å². The summed E-state index contributed by atoms with van der Waals surface area (Å²) in [4.78, 5) is 14.6. The van der Waals surface area contributed by atoms with Crippen molar-refractivity contribution in [3.63, 3.8) is 0 Å². The van der Waals surface area contributed by atoms with Gasteiger partial charge in [0.25, 0.3) is 0 Å². The predicted molar refractivity (Wildman–Crippen MR) is 61.0 cm³/mol. The lowest BCUT2D eigenvalue weighted by Crippen LogP contribution is -2.31. The highest BCUT2D eigenvalue weighted by Gasteiger charge is 2.34.